The molecule has 0 bridgehead atoms. The molecule has 2 aromatic heterocycles. The molecule has 2 aromatic carbocycles. The number of amides is 1. The summed E-state index contributed by atoms with van der Waals surface area (Å²) in [5, 5.41) is 14.3. The van der Waals surface area contributed by atoms with Gasteiger partial charge in [-0.2, -0.15) is 10.2 Å². The SMILES string of the molecule is COc1ccc(-c2n[nH]c(CNC(=O)c3cnn(-c4ccc(F)cc4)c3C(C)C)n2)cc1. The Hall–Kier alpha value is -4.01. The number of hydrogen-bond donors (Lipinski definition) is 2. The minimum Gasteiger partial charge on any atom is -0.497 e. The number of nitrogens with zero attached hydrogens (tertiary/aromatic N) is 4. The summed E-state index contributed by atoms with van der Waals surface area (Å²) in [6, 6.07) is 13.4. The van der Waals surface area contributed by atoms with Gasteiger partial charge in [-0.1, -0.05) is 13.8 Å². The van der Waals surface area contributed by atoms with E-state index in [1.54, 1.807) is 23.9 Å². The van der Waals surface area contributed by atoms with Crippen molar-refractivity contribution in [2.24, 2.45) is 0 Å². The Morgan fingerprint density at radius 3 is 2.53 bits per heavy atom. The van der Waals surface area contributed by atoms with Crippen molar-refractivity contribution >= 4 is 5.91 Å². The number of halogens is 1. The van der Waals surface area contributed by atoms with Crippen molar-refractivity contribution in [3.63, 3.8) is 0 Å². The van der Waals surface area contributed by atoms with E-state index in [-0.39, 0.29) is 24.2 Å². The Morgan fingerprint density at radius 2 is 1.88 bits per heavy atom. The van der Waals surface area contributed by atoms with Gasteiger partial charge in [0.2, 0.25) is 0 Å². The highest BCUT2D eigenvalue weighted by Crippen LogP contribution is 2.23. The second kappa shape index (κ2) is 9.01. The highest BCUT2D eigenvalue weighted by atomic mass is 19.1. The first kappa shape index (κ1) is 21.2. The molecule has 0 aliphatic carbocycles. The van der Waals surface area contributed by atoms with Crippen LogP contribution in [0.1, 0.15) is 41.6 Å². The van der Waals surface area contributed by atoms with Crippen molar-refractivity contribution in [2.75, 3.05) is 7.11 Å². The maximum absolute atomic E-state index is 13.3. The normalized spacial score (nSPS) is 11.0. The standard InChI is InChI=1S/C23H23FN6O2/c1-14(2)21-19(12-26-30(21)17-8-6-16(24)7-9-17)23(31)25-13-20-27-22(29-28-20)15-4-10-18(32-3)11-5-15/h4-12,14H,13H2,1-3H3,(H,25,31)(H,27,28,29). The Morgan fingerprint density at radius 1 is 1.16 bits per heavy atom. The second-order valence-electron chi connectivity index (χ2n) is 7.50. The van der Waals surface area contributed by atoms with Gasteiger partial charge in [-0.05, 0) is 54.4 Å². The Labute approximate surface area is 184 Å². The van der Waals surface area contributed by atoms with Gasteiger partial charge in [0.05, 0.1) is 36.8 Å². The molecule has 0 aliphatic heterocycles. The van der Waals surface area contributed by atoms with E-state index in [1.807, 2.05) is 38.1 Å². The second-order valence-corrected chi connectivity index (χ2v) is 7.50. The van der Waals surface area contributed by atoms with Gasteiger partial charge in [-0.3, -0.25) is 9.89 Å². The third-order valence-electron chi connectivity index (χ3n) is 4.97. The Balaban J connectivity index is 1.49. The maximum atomic E-state index is 13.3. The molecule has 32 heavy (non-hydrogen) atoms. The minimum absolute atomic E-state index is 0.0234. The van der Waals surface area contributed by atoms with E-state index in [2.05, 4.69) is 25.6 Å². The van der Waals surface area contributed by atoms with Crippen molar-refractivity contribution in [3.8, 4) is 22.8 Å². The van der Waals surface area contributed by atoms with Crippen molar-refractivity contribution in [3.05, 3.63) is 77.6 Å². The molecule has 0 saturated carbocycles. The van der Waals surface area contributed by atoms with Gasteiger partial charge >= 0.3 is 0 Å². The van der Waals surface area contributed by atoms with Crippen LogP contribution in [0.15, 0.2) is 54.7 Å². The van der Waals surface area contributed by atoms with Gasteiger partial charge in [0.25, 0.3) is 5.91 Å². The summed E-state index contributed by atoms with van der Waals surface area (Å²) in [6.07, 6.45) is 1.52. The van der Waals surface area contributed by atoms with Crippen molar-refractivity contribution in [2.45, 2.75) is 26.3 Å². The first-order valence-corrected chi connectivity index (χ1v) is 10.1. The average molecular weight is 434 g/mol. The van der Waals surface area contributed by atoms with E-state index in [4.69, 9.17) is 4.74 Å². The van der Waals surface area contributed by atoms with Crippen molar-refractivity contribution in [1.82, 2.24) is 30.3 Å². The number of rotatable bonds is 7. The molecule has 8 nitrogen and oxygen atoms in total. The number of carbonyl (C=O) groups excluding carboxylic acids is 1. The summed E-state index contributed by atoms with van der Waals surface area (Å²) >= 11 is 0. The van der Waals surface area contributed by atoms with Crippen LogP contribution in [0.4, 0.5) is 4.39 Å². The highest BCUT2D eigenvalue weighted by Gasteiger charge is 2.21. The lowest BCUT2D eigenvalue weighted by Gasteiger charge is -2.12. The number of hydrogen-bond acceptors (Lipinski definition) is 5. The molecule has 2 heterocycles. The summed E-state index contributed by atoms with van der Waals surface area (Å²) in [5.41, 5.74) is 2.72. The average Bonchev–Trinajstić information content (AvgIpc) is 3.46. The first-order chi connectivity index (χ1) is 15.5. The van der Waals surface area contributed by atoms with Gasteiger partial charge < -0.3 is 10.1 Å². The fraction of sp³-hybridized carbons (Fsp3) is 0.217. The first-order valence-electron chi connectivity index (χ1n) is 10.1. The van der Waals surface area contributed by atoms with Gasteiger partial charge in [-0.25, -0.2) is 14.1 Å². The zero-order valence-corrected chi connectivity index (χ0v) is 18.0. The number of aromatic nitrogens is 5. The number of H-pyrrole nitrogens is 1. The maximum Gasteiger partial charge on any atom is 0.255 e. The molecule has 0 fully saturated rings. The van der Waals surface area contributed by atoms with E-state index in [9.17, 15) is 9.18 Å². The monoisotopic (exact) mass is 434 g/mol. The van der Waals surface area contributed by atoms with E-state index in [1.165, 1.54) is 18.3 Å². The van der Waals surface area contributed by atoms with Crippen LogP contribution >= 0.6 is 0 Å². The Kier molecular flexibility index (Phi) is 5.98. The fourth-order valence-electron chi connectivity index (χ4n) is 3.38. The zero-order valence-electron chi connectivity index (χ0n) is 18.0. The number of methoxy groups -OCH3 is 1. The molecular weight excluding hydrogens is 411 g/mol. The Bertz CT molecular complexity index is 1210. The molecule has 0 radical (unpaired) electrons. The third kappa shape index (κ3) is 4.36. The molecule has 164 valence electrons. The van der Waals surface area contributed by atoms with Crippen molar-refractivity contribution < 1.29 is 13.9 Å². The van der Waals surface area contributed by atoms with E-state index < -0.39 is 0 Å². The van der Waals surface area contributed by atoms with Crippen LogP contribution in [0.2, 0.25) is 0 Å². The molecule has 0 atom stereocenters. The third-order valence-corrected chi connectivity index (χ3v) is 4.97. The predicted molar refractivity (Wildman–Crippen MR) is 117 cm³/mol. The number of benzene rings is 2. The lowest BCUT2D eigenvalue weighted by molar-refractivity contribution is 0.0948. The summed E-state index contributed by atoms with van der Waals surface area (Å²) in [6.45, 7) is 4.14. The van der Waals surface area contributed by atoms with E-state index in [0.717, 1.165) is 17.0 Å². The largest absolute Gasteiger partial charge is 0.497 e. The van der Waals surface area contributed by atoms with Crippen LogP contribution < -0.4 is 10.1 Å². The molecule has 0 aliphatic rings. The van der Waals surface area contributed by atoms with Crippen LogP contribution in [0, 0.1) is 5.82 Å². The van der Waals surface area contributed by atoms with Gasteiger partial charge in [0.15, 0.2) is 5.82 Å². The lowest BCUT2D eigenvalue weighted by atomic mass is 10.1. The van der Waals surface area contributed by atoms with Crippen LogP contribution in [-0.4, -0.2) is 38.0 Å². The molecule has 1 amide bonds. The number of ether oxygens (including phenoxy) is 1. The van der Waals surface area contributed by atoms with E-state index in [0.29, 0.717) is 22.9 Å². The minimum atomic E-state index is -0.328. The quantitative estimate of drug-likeness (QED) is 0.460. The topological polar surface area (TPSA) is 97.7 Å². The highest BCUT2D eigenvalue weighted by molar-refractivity contribution is 5.95. The predicted octanol–water partition coefficient (Wildman–Crippen LogP) is 3.86. The number of carbonyl (C=O) groups is 1. The van der Waals surface area contributed by atoms with Crippen LogP contribution in [0.3, 0.4) is 0 Å². The summed E-state index contributed by atoms with van der Waals surface area (Å²) in [5.74, 6) is 1.23. The zero-order chi connectivity index (χ0) is 22.7. The van der Waals surface area contributed by atoms with Gasteiger partial charge in [-0.15, -0.1) is 0 Å². The van der Waals surface area contributed by atoms with Gasteiger partial charge in [0.1, 0.15) is 17.4 Å². The van der Waals surface area contributed by atoms with Crippen LogP contribution in [-0.2, 0) is 6.54 Å². The summed E-state index contributed by atoms with van der Waals surface area (Å²) in [4.78, 5) is 17.3. The molecule has 0 saturated heterocycles. The smallest absolute Gasteiger partial charge is 0.255 e. The van der Waals surface area contributed by atoms with Crippen molar-refractivity contribution in [1.29, 1.82) is 0 Å². The molecule has 4 rings (SSSR count). The molecule has 9 heteroatoms. The number of aromatic amines is 1. The molecule has 0 unspecified atom stereocenters. The fourth-order valence-corrected chi connectivity index (χ4v) is 3.38. The van der Waals surface area contributed by atoms with Crippen LogP contribution in [0.5, 0.6) is 5.75 Å². The lowest BCUT2D eigenvalue weighted by Crippen LogP contribution is -2.24. The van der Waals surface area contributed by atoms with Gasteiger partial charge in [0, 0.05) is 5.56 Å². The van der Waals surface area contributed by atoms with E-state index >= 15 is 0 Å². The summed E-state index contributed by atoms with van der Waals surface area (Å²) < 4.78 is 20.1. The molecule has 0 spiro atoms. The number of nitrogens with one attached hydrogen (secondary N) is 2. The molecular formula is C23H23FN6O2. The molecule has 4 aromatic rings. The summed E-state index contributed by atoms with van der Waals surface area (Å²) in [7, 11) is 1.61. The molecule has 2 N–H and O–H groups in total. The van der Waals surface area contributed by atoms with Crippen LogP contribution in [0.25, 0.3) is 17.1 Å².